The fourth-order valence-electron chi connectivity index (χ4n) is 3.86. The van der Waals surface area contributed by atoms with Crippen LogP contribution in [0.3, 0.4) is 0 Å². The van der Waals surface area contributed by atoms with Gasteiger partial charge in [0.1, 0.15) is 35.9 Å². The third-order valence-corrected chi connectivity index (χ3v) is 6.08. The molecule has 1 fully saturated rings. The minimum Gasteiger partial charge on any atom is -0.457 e. The van der Waals surface area contributed by atoms with E-state index in [9.17, 15) is 47.9 Å². The average molecular weight is 656 g/mol. The molecule has 2 unspecified atom stereocenters. The van der Waals surface area contributed by atoms with Crippen molar-refractivity contribution >= 4 is 5.91 Å². The van der Waals surface area contributed by atoms with Crippen LogP contribution in [0.2, 0.25) is 0 Å². The van der Waals surface area contributed by atoms with Gasteiger partial charge in [-0.1, -0.05) is 51.1 Å². The summed E-state index contributed by atoms with van der Waals surface area (Å²) in [5.74, 6) is 0.786. The lowest BCUT2D eigenvalue weighted by Crippen LogP contribution is -2.59. The summed E-state index contributed by atoms with van der Waals surface area (Å²) in [5, 5.41) is 52.5. The van der Waals surface area contributed by atoms with Gasteiger partial charge in [-0.2, -0.15) is 0 Å². The predicted octanol–water partition coefficient (Wildman–Crippen LogP) is 3.22. The molecule has 1 heterocycles. The smallest absolute Gasteiger partial charge is 0.224 e. The van der Waals surface area contributed by atoms with Crippen LogP contribution in [-0.2, 0) is 20.7 Å². The minimum absolute atomic E-state index is 0.0472. The third kappa shape index (κ3) is 15.3. The van der Waals surface area contributed by atoms with Crippen LogP contribution in [0, 0.1) is 0 Å². The molecular formula is C31H49F4NO9. The first-order chi connectivity index (χ1) is 21.7. The summed E-state index contributed by atoms with van der Waals surface area (Å²) in [6, 6.07) is 15.0. The summed E-state index contributed by atoms with van der Waals surface area (Å²) >= 11 is 0. The number of para-hydroxylation sites is 1. The molecule has 2 aromatic rings. The molecule has 1 saturated heterocycles. The van der Waals surface area contributed by atoms with Gasteiger partial charge in [-0.15, -0.1) is 0 Å². The Morgan fingerprint density at radius 2 is 1.44 bits per heavy atom. The molecule has 6 N–H and O–H groups in total. The predicted molar refractivity (Wildman–Crippen MR) is 162 cm³/mol. The number of ether oxygens (including phenoxy) is 3. The van der Waals surface area contributed by atoms with E-state index in [1.54, 1.807) is 31.2 Å². The minimum atomic E-state index is -2.02. The zero-order valence-corrected chi connectivity index (χ0v) is 26.5. The number of hydrogen-bond donors (Lipinski definition) is 6. The molecule has 0 spiro atoms. The second kappa shape index (κ2) is 26.4. The monoisotopic (exact) mass is 655 g/mol. The number of benzene rings is 2. The number of halogens is 4. The van der Waals surface area contributed by atoms with E-state index < -0.39 is 68.1 Å². The standard InChI is InChI=1S/C26H34FNO9.C2H6.3CH3F/c1-2-19(30)23(32)18(14-35-26-25(34)24(33)22(27)20(13-29)37-26)28-21(31)12-15-8-10-17(11-9-15)36-16-6-4-3-5-7-16;4*1-2/h3-11,18-20,22-26,29-30,32-34H,2,12-14H2,1H3,(H,28,31);1-2H3;3*1H3/t18-,19+,20?,22+,23-,24-,25?,26-;;;;/m0..../s1. The highest BCUT2D eigenvalue weighted by molar-refractivity contribution is 5.79. The Bertz CT molecular complexity index is 977. The average Bonchev–Trinajstić information content (AvgIpc) is 3.10. The molecule has 1 aliphatic rings. The van der Waals surface area contributed by atoms with E-state index in [1.165, 1.54) is 0 Å². The summed E-state index contributed by atoms with van der Waals surface area (Å²) in [5.41, 5.74) is 0.664. The second-order valence-corrected chi connectivity index (χ2v) is 8.86. The molecule has 0 aliphatic carbocycles. The van der Waals surface area contributed by atoms with Crippen LogP contribution < -0.4 is 10.1 Å². The molecule has 2 aromatic carbocycles. The van der Waals surface area contributed by atoms with Crippen LogP contribution in [0.15, 0.2) is 54.6 Å². The zero-order valence-electron chi connectivity index (χ0n) is 26.5. The maximum Gasteiger partial charge on any atom is 0.224 e. The highest BCUT2D eigenvalue weighted by Gasteiger charge is 2.45. The Morgan fingerprint density at radius 1 is 0.911 bits per heavy atom. The van der Waals surface area contributed by atoms with Gasteiger partial charge in [-0.05, 0) is 36.2 Å². The van der Waals surface area contributed by atoms with E-state index in [0.717, 1.165) is 0 Å². The van der Waals surface area contributed by atoms with Gasteiger partial charge in [0.05, 0.1) is 53.3 Å². The molecule has 0 aromatic heterocycles. The molecule has 260 valence electrons. The molecule has 1 aliphatic heterocycles. The Hall–Kier alpha value is -2.85. The van der Waals surface area contributed by atoms with Crippen molar-refractivity contribution in [3.8, 4) is 11.5 Å². The van der Waals surface area contributed by atoms with Gasteiger partial charge in [0.2, 0.25) is 5.91 Å². The van der Waals surface area contributed by atoms with Gasteiger partial charge < -0.3 is 45.1 Å². The van der Waals surface area contributed by atoms with Crippen molar-refractivity contribution in [3.63, 3.8) is 0 Å². The van der Waals surface area contributed by atoms with Crippen LogP contribution in [0.4, 0.5) is 17.6 Å². The SMILES string of the molecule is CC.CC[C@@H](O)[C@@H](O)[C@H](CO[C@H]1OC(CO)[C@@H](F)[C@H](O)C1O)NC(=O)Cc1ccc(Oc2ccccc2)cc1.CF.CF.CF. The summed E-state index contributed by atoms with van der Waals surface area (Å²) in [6.07, 6.45) is -11.1. The summed E-state index contributed by atoms with van der Waals surface area (Å²) in [7, 11) is 1.50. The van der Waals surface area contributed by atoms with Crippen molar-refractivity contribution in [2.45, 2.75) is 82.6 Å². The Morgan fingerprint density at radius 3 is 1.96 bits per heavy atom. The number of alkyl halides is 4. The molecule has 3 rings (SSSR count). The summed E-state index contributed by atoms with van der Waals surface area (Å²) in [6.45, 7) is 4.46. The highest BCUT2D eigenvalue weighted by Crippen LogP contribution is 2.25. The van der Waals surface area contributed by atoms with Crippen molar-refractivity contribution in [2.24, 2.45) is 0 Å². The largest absolute Gasteiger partial charge is 0.457 e. The van der Waals surface area contributed by atoms with E-state index in [1.807, 2.05) is 44.2 Å². The van der Waals surface area contributed by atoms with Gasteiger partial charge in [0, 0.05) is 0 Å². The number of amides is 1. The topological polar surface area (TPSA) is 158 Å². The quantitative estimate of drug-likeness (QED) is 0.189. The molecule has 0 radical (unpaired) electrons. The molecule has 8 atom stereocenters. The lowest BCUT2D eigenvalue weighted by Gasteiger charge is -2.39. The summed E-state index contributed by atoms with van der Waals surface area (Å²) < 4.78 is 58.8. The number of carbonyl (C=O) groups is 1. The van der Waals surface area contributed by atoms with Crippen molar-refractivity contribution < 1.29 is 62.1 Å². The van der Waals surface area contributed by atoms with E-state index >= 15 is 0 Å². The first-order valence-electron chi connectivity index (χ1n) is 14.2. The van der Waals surface area contributed by atoms with Crippen molar-refractivity contribution in [1.29, 1.82) is 0 Å². The number of aliphatic hydroxyl groups excluding tert-OH is 5. The lowest BCUT2D eigenvalue weighted by molar-refractivity contribution is -0.293. The van der Waals surface area contributed by atoms with Crippen LogP contribution in [0.1, 0.15) is 32.8 Å². The van der Waals surface area contributed by atoms with E-state index in [0.29, 0.717) is 38.6 Å². The maximum atomic E-state index is 14.0. The normalized spacial score (nSPS) is 22.1. The molecule has 10 nitrogen and oxygen atoms in total. The third-order valence-electron chi connectivity index (χ3n) is 6.08. The molecule has 1 amide bonds. The van der Waals surface area contributed by atoms with Crippen molar-refractivity contribution in [1.82, 2.24) is 5.32 Å². The Kier molecular flexibility index (Phi) is 26.0. The van der Waals surface area contributed by atoms with E-state index in [2.05, 4.69) is 5.32 Å². The molecule has 14 heteroatoms. The maximum absolute atomic E-state index is 14.0. The number of aliphatic hydroxyl groups is 5. The first kappa shape index (κ1) is 44.3. The Balaban J connectivity index is 0. The fourth-order valence-corrected chi connectivity index (χ4v) is 3.86. The highest BCUT2D eigenvalue weighted by atomic mass is 19.1. The van der Waals surface area contributed by atoms with Crippen molar-refractivity contribution in [2.75, 3.05) is 34.7 Å². The lowest BCUT2D eigenvalue weighted by atomic mass is 10.0. The summed E-state index contributed by atoms with van der Waals surface area (Å²) in [4.78, 5) is 12.7. The number of nitrogens with one attached hydrogen (secondary N) is 1. The van der Waals surface area contributed by atoms with Crippen LogP contribution in [0.5, 0.6) is 11.5 Å². The second-order valence-electron chi connectivity index (χ2n) is 8.86. The molecule has 0 bridgehead atoms. The van der Waals surface area contributed by atoms with Gasteiger partial charge in [-0.3, -0.25) is 18.0 Å². The fraction of sp³-hybridized carbons (Fsp3) is 0.581. The van der Waals surface area contributed by atoms with Gasteiger partial charge in [-0.25, -0.2) is 4.39 Å². The Labute approximate surface area is 262 Å². The van der Waals surface area contributed by atoms with E-state index in [-0.39, 0.29) is 12.8 Å². The number of hydrogen-bond acceptors (Lipinski definition) is 9. The van der Waals surface area contributed by atoms with Crippen molar-refractivity contribution in [3.05, 3.63) is 60.2 Å². The van der Waals surface area contributed by atoms with Crippen LogP contribution >= 0.6 is 0 Å². The molecule has 0 saturated carbocycles. The van der Waals surface area contributed by atoms with E-state index in [4.69, 9.17) is 14.2 Å². The van der Waals surface area contributed by atoms with Gasteiger partial charge >= 0.3 is 0 Å². The number of carbonyl (C=O) groups excluding carboxylic acids is 1. The molecular weight excluding hydrogens is 606 g/mol. The molecule has 45 heavy (non-hydrogen) atoms. The van der Waals surface area contributed by atoms with Gasteiger partial charge in [0.25, 0.3) is 0 Å². The van der Waals surface area contributed by atoms with Gasteiger partial charge in [0.15, 0.2) is 12.5 Å². The first-order valence-corrected chi connectivity index (χ1v) is 14.2. The zero-order chi connectivity index (χ0) is 34.9. The van der Waals surface area contributed by atoms with Crippen LogP contribution in [0.25, 0.3) is 0 Å². The number of rotatable bonds is 12. The van der Waals surface area contributed by atoms with Crippen LogP contribution in [-0.4, -0.2) is 115 Å².